The zero-order valence-corrected chi connectivity index (χ0v) is 15.0. The quantitative estimate of drug-likeness (QED) is 0.613. The van der Waals surface area contributed by atoms with Gasteiger partial charge in [0.25, 0.3) is 0 Å². The second kappa shape index (κ2) is 9.48. The second-order valence-electron chi connectivity index (χ2n) is 6.10. The van der Waals surface area contributed by atoms with Crippen LogP contribution in [0.4, 0.5) is 13.2 Å². The van der Waals surface area contributed by atoms with E-state index in [9.17, 15) is 13.2 Å². The molecule has 0 bridgehead atoms. The Labute approximate surface area is 152 Å². The SMILES string of the molecule is COc1cccc(C(C)NCCCCc2cccc(OC(F)(F)F)c2)c1. The topological polar surface area (TPSA) is 30.5 Å². The van der Waals surface area contributed by atoms with Crippen molar-refractivity contribution in [2.75, 3.05) is 13.7 Å². The maximum absolute atomic E-state index is 12.3. The molecule has 0 amide bonds. The number of hydrogen-bond donors (Lipinski definition) is 1. The van der Waals surface area contributed by atoms with E-state index < -0.39 is 6.36 Å². The molecular formula is C20H24F3NO2. The van der Waals surface area contributed by atoms with Gasteiger partial charge in [-0.2, -0.15) is 0 Å². The number of aryl methyl sites for hydroxylation is 1. The first kappa shape index (κ1) is 20.1. The van der Waals surface area contributed by atoms with Crippen molar-refractivity contribution in [2.45, 2.75) is 38.6 Å². The van der Waals surface area contributed by atoms with Crippen LogP contribution >= 0.6 is 0 Å². The molecule has 0 fully saturated rings. The van der Waals surface area contributed by atoms with Crippen molar-refractivity contribution in [1.82, 2.24) is 5.32 Å². The largest absolute Gasteiger partial charge is 0.573 e. The van der Waals surface area contributed by atoms with Crippen molar-refractivity contribution < 1.29 is 22.6 Å². The van der Waals surface area contributed by atoms with Crippen LogP contribution in [0.3, 0.4) is 0 Å². The molecule has 3 nitrogen and oxygen atoms in total. The highest BCUT2D eigenvalue weighted by Crippen LogP contribution is 2.24. The third-order valence-electron chi connectivity index (χ3n) is 4.07. The summed E-state index contributed by atoms with van der Waals surface area (Å²) < 4.78 is 45.9. The molecule has 0 aliphatic heterocycles. The van der Waals surface area contributed by atoms with Crippen LogP contribution in [0.15, 0.2) is 48.5 Å². The minimum atomic E-state index is -4.65. The molecule has 0 aromatic heterocycles. The van der Waals surface area contributed by atoms with Gasteiger partial charge in [0.2, 0.25) is 0 Å². The van der Waals surface area contributed by atoms with Crippen LogP contribution in [0, 0.1) is 0 Å². The van der Waals surface area contributed by atoms with Gasteiger partial charge in [-0.25, -0.2) is 0 Å². The summed E-state index contributed by atoms with van der Waals surface area (Å²) >= 11 is 0. The number of alkyl halides is 3. The number of methoxy groups -OCH3 is 1. The summed E-state index contributed by atoms with van der Waals surface area (Å²) in [5.41, 5.74) is 1.99. The zero-order valence-electron chi connectivity index (χ0n) is 15.0. The van der Waals surface area contributed by atoms with Gasteiger partial charge in [-0.15, -0.1) is 13.2 Å². The maximum Gasteiger partial charge on any atom is 0.573 e. The molecule has 26 heavy (non-hydrogen) atoms. The average molecular weight is 367 g/mol. The van der Waals surface area contributed by atoms with E-state index in [0.29, 0.717) is 6.42 Å². The summed E-state index contributed by atoms with van der Waals surface area (Å²) in [6.45, 7) is 2.92. The summed E-state index contributed by atoms with van der Waals surface area (Å²) in [5.74, 6) is 0.664. The van der Waals surface area contributed by atoms with Crippen LogP contribution in [0.2, 0.25) is 0 Å². The van der Waals surface area contributed by atoms with Crippen molar-refractivity contribution in [1.29, 1.82) is 0 Å². The third-order valence-corrected chi connectivity index (χ3v) is 4.07. The van der Waals surface area contributed by atoms with E-state index in [4.69, 9.17) is 4.74 Å². The fraction of sp³-hybridized carbons (Fsp3) is 0.400. The van der Waals surface area contributed by atoms with Crippen LogP contribution in [0.1, 0.15) is 36.9 Å². The number of halogens is 3. The smallest absolute Gasteiger partial charge is 0.497 e. The average Bonchev–Trinajstić information content (AvgIpc) is 2.60. The molecule has 1 atom stereocenters. The van der Waals surface area contributed by atoms with Gasteiger partial charge < -0.3 is 14.8 Å². The number of nitrogens with one attached hydrogen (secondary N) is 1. The molecule has 0 aliphatic carbocycles. The van der Waals surface area contributed by atoms with E-state index in [1.54, 1.807) is 13.2 Å². The highest BCUT2D eigenvalue weighted by molar-refractivity contribution is 5.30. The van der Waals surface area contributed by atoms with Crippen molar-refractivity contribution in [2.24, 2.45) is 0 Å². The lowest BCUT2D eigenvalue weighted by molar-refractivity contribution is -0.274. The Kier molecular flexibility index (Phi) is 7.33. The van der Waals surface area contributed by atoms with E-state index >= 15 is 0 Å². The first-order chi connectivity index (χ1) is 12.4. The highest BCUT2D eigenvalue weighted by Gasteiger charge is 2.31. The molecular weight excluding hydrogens is 343 g/mol. The van der Waals surface area contributed by atoms with E-state index in [1.807, 2.05) is 30.3 Å². The number of hydrogen-bond acceptors (Lipinski definition) is 3. The van der Waals surface area contributed by atoms with E-state index in [1.165, 1.54) is 12.1 Å². The molecule has 0 saturated heterocycles. The van der Waals surface area contributed by atoms with Gasteiger partial charge in [0.15, 0.2) is 0 Å². The maximum atomic E-state index is 12.3. The molecule has 1 N–H and O–H groups in total. The van der Waals surface area contributed by atoms with Crippen LogP contribution in [0.25, 0.3) is 0 Å². The van der Waals surface area contributed by atoms with Gasteiger partial charge in [0, 0.05) is 6.04 Å². The highest BCUT2D eigenvalue weighted by atomic mass is 19.4. The number of unbranched alkanes of at least 4 members (excludes halogenated alkanes) is 1. The summed E-state index contributed by atoms with van der Waals surface area (Å²) in [5, 5.41) is 3.45. The molecule has 2 aromatic rings. The molecule has 142 valence electrons. The first-order valence-electron chi connectivity index (χ1n) is 8.59. The molecule has 0 radical (unpaired) electrons. The molecule has 2 aromatic carbocycles. The van der Waals surface area contributed by atoms with Gasteiger partial charge in [0.1, 0.15) is 11.5 Å². The van der Waals surface area contributed by atoms with Crippen LogP contribution in [-0.4, -0.2) is 20.0 Å². The number of ether oxygens (including phenoxy) is 2. The van der Waals surface area contributed by atoms with E-state index in [-0.39, 0.29) is 11.8 Å². The van der Waals surface area contributed by atoms with Crippen LogP contribution in [0.5, 0.6) is 11.5 Å². The Hall–Kier alpha value is -2.21. The summed E-state index contributed by atoms with van der Waals surface area (Å²) in [6, 6.07) is 14.3. The van der Waals surface area contributed by atoms with Crippen molar-refractivity contribution >= 4 is 0 Å². The normalized spacial score (nSPS) is 12.7. The molecule has 0 aliphatic rings. The minimum absolute atomic E-state index is 0.167. The lowest BCUT2D eigenvalue weighted by atomic mass is 10.1. The van der Waals surface area contributed by atoms with Gasteiger partial charge in [-0.3, -0.25) is 0 Å². The Balaban J connectivity index is 1.72. The predicted octanol–water partition coefficient (Wildman–Crippen LogP) is 5.27. The Morgan fingerprint density at radius 3 is 2.46 bits per heavy atom. The second-order valence-corrected chi connectivity index (χ2v) is 6.10. The van der Waals surface area contributed by atoms with Crippen molar-refractivity contribution in [3.8, 4) is 11.5 Å². The molecule has 1 unspecified atom stereocenters. The zero-order chi connectivity index (χ0) is 19.0. The van der Waals surface area contributed by atoms with Gasteiger partial charge >= 0.3 is 6.36 Å². The van der Waals surface area contributed by atoms with Crippen LogP contribution in [-0.2, 0) is 6.42 Å². The van der Waals surface area contributed by atoms with Gasteiger partial charge in [0.05, 0.1) is 7.11 Å². The van der Waals surface area contributed by atoms with Crippen LogP contribution < -0.4 is 14.8 Å². The van der Waals surface area contributed by atoms with Gasteiger partial charge in [-0.05, 0) is 68.1 Å². The number of rotatable bonds is 9. The lowest BCUT2D eigenvalue weighted by Crippen LogP contribution is -2.20. The standard InChI is InChI=1S/C20H24F3NO2/c1-15(17-9-6-10-18(14-17)25-2)24-12-4-3-7-16-8-5-11-19(13-16)26-20(21,22)23/h5-6,8-11,13-15,24H,3-4,7,12H2,1-2H3. The summed E-state index contributed by atoms with van der Waals surface area (Å²) in [7, 11) is 1.64. The van der Waals surface area contributed by atoms with E-state index in [0.717, 1.165) is 36.3 Å². The lowest BCUT2D eigenvalue weighted by Gasteiger charge is -2.15. The van der Waals surface area contributed by atoms with Crippen molar-refractivity contribution in [3.63, 3.8) is 0 Å². The molecule has 2 rings (SSSR count). The minimum Gasteiger partial charge on any atom is -0.497 e. The monoisotopic (exact) mass is 367 g/mol. The Bertz CT molecular complexity index is 689. The van der Waals surface area contributed by atoms with Gasteiger partial charge in [-0.1, -0.05) is 24.3 Å². The fourth-order valence-electron chi connectivity index (χ4n) is 2.70. The molecule has 6 heteroatoms. The van der Waals surface area contributed by atoms with E-state index in [2.05, 4.69) is 17.0 Å². The fourth-order valence-corrected chi connectivity index (χ4v) is 2.70. The molecule has 0 heterocycles. The summed E-state index contributed by atoms with van der Waals surface area (Å²) in [6.07, 6.45) is -2.13. The van der Waals surface area contributed by atoms with Crippen molar-refractivity contribution in [3.05, 3.63) is 59.7 Å². The Morgan fingerprint density at radius 1 is 1.00 bits per heavy atom. The molecule has 0 spiro atoms. The Morgan fingerprint density at radius 2 is 1.73 bits per heavy atom. The molecule has 0 saturated carbocycles. The first-order valence-corrected chi connectivity index (χ1v) is 8.59. The predicted molar refractivity (Wildman–Crippen MR) is 95.5 cm³/mol. The summed E-state index contributed by atoms with van der Waals surface area (Å²) in [4.78, 5) is 0. The third kappa shape index (κ3) is 6.96. The number of benzene rings is 2.